The summed E-state index contributed by atoms with van der Waals surface area (Å²) in [6.07, 6.45) is 3.75. The smallest absolute Gasteiger partial charge is 0.270 e. The summed E-state index contributed by atoms with van der Waals surface area (Å²) in [6, 6.07) is 2.06. The average Bonchev–Trinajstić information content (AvgIpc) is 3.42. The van der Waals surface area contributed by atoms with Crippen LogP contribution in [-0.4, -0.2) is 76.6 Å². The number of thiocarbonyl (C=S) groups is 1. The van der Waals surface area contributed by atoms with Gasteiger partial charge >= 0.3 is 0 Å². The Balaban J connectivity index is 1.73. The number of nitrogens with zero attached hydrogens (tertiary/aromatic N) is 5. The Bertz CT molecular complexity index is 1090. The van der Waals surface area contributed by atoms with Gasteiger partial charge in [0.25, 0.3) is 11.5 Å². The number of nitriles is 1. The van der Waals surface area contributed by atoms with Gasteiger partial charge in [0.1, 0.15) is 21.8 Å². The number of anilines is 1. The van der Waals surface area contributed by atoms with E-state index >= 15 is 0 Å². The summed E-state index contributed by atoms with van der Waals surface area (Å²) in [7, 11) is 1.70. The molecule has 176 valence electrons. The van der Waals surface area contributed by atoms with Gasteiger partial charge in [-0.2, -0.15) is 5.26 Å². The van der Waals surface area contributed by atoms with Crippen molar-refractivity contribution < 1.29 is 9.53 Å². The first-order valence-electron chi connectivity index (χ1n) is 11.3. The zero-order chi connectivity index (χ0) is 23.7. The van der Waals surface area contributed by atoms with E-state index in [2.05, 4.69) is 22.8 Å². The maximum Gasteiger partial charge on any atom is 0.270 e. The van der Waals surface area contributed by atoms with Crippen LogP contribution in [-0.2, 0) is 16.6 Å². The van der Waals surface area contributed by atoms with E-state index in [0.717, 1.165) is 63.6 Å². The molecule has 1 aromatic heterocycles. The molecular formula is C23H29N5O3S2. The van der Waals surface area contributed by atoms with Crippen LogP contribution < -0.4 is 10.5 Å². The molecule has 8 nitrogen and oxygen atoms in total. The molecule has 1 amide bonds. The van der Waals surface area contributed by atoms with E-state index in [1.807, 2.05) is 6.08 Å². The van der Waals surface area contributed by atoms with Crippen LogP contribution >= 0.6 is 24.0 Å². The Kier molecular flexibility index (Phi) is 7.24. The number of thioether (sulfide) groups is 1. The number of likely N-dealkylation sites (N-methyl/N-ethyl adjacent to an activating group) is 1. The Morgan fingerprint density at radius 1 is 1.27 bits per heavy atom. The predicted octanol–water partition coefficient (Wildman–Crippen LogP) is 2.09. The van der Waals surface area contributed by atoms with E-state index in [-0.39, 0.29) is 23.1 Å². The van der Waals surface area contributed by atoms with E-state index in [0.29, 0.717) is 21.3 Å². The number of hydrogen-bond acceptors (Lipinski definition) is 8. The summed E-state index contributed by atoms with van der Waals surface area (Å²) in [5.74, 6) is 0.602. The van der Waals surface area contributed by atoms with Gasteiger partial charge in [-0.3, -0.25) is 19.1 Å². The van der Waals surface area contributed by atoms with E-state index in [1.165, 1.54) is 11.8 Å². The van der Waals surface area contributed by atoms with E-state index in [9.17, 15) is 14.9 Å². The van der Waals surface area contributed by atoms with E-state index in [4.69, 9.17) is 17.0 Å². The minimum Gasteiger partial charge on any atom is -0.376 e. The highest BCUT2D eigenvalue weighted by Gasteiger charge is 2.35. The maximum absolute atomic E-state index is 13.2. The number of aromatic nitrogens is 1. The molecule has 0 N–H and O–H groups in total. The molecule has 33 heavy (non-hydrogen) atoms. The third-order valence-corrected chi connectivity index (χ3v) is 8.02. The maximum atomic E-state index is 13.2. The lowest BCUT2D eigenvalue weighted by Crippen LogP contribution is -2.48. The second-order valence-electron chi connectivity index (χ2n) is 8.56. The number of ether oxygens (including phenoxy) is 1. The molecule has 0 bridgehead atoms. The van der Waals surface area contributed by atoms with Crippen molar-refractivity contribution in [2.75, 3.05) is 50.8 Å². The van der Waals surface area contributed by atoms with Crippen molar-refractivity contribution in [1.29, 1.82) is 5.26 Å². The summed E-state index contributed by atoms with van der Waals surface area (Å²) in [4.78, 5) is 32.8. The molecule has 1 aromatic rings. The normalized spacial score (nSPS) is 23.1. The van der Waals surface area contributed by atoms with Gasteiger partial charge in [0, 0.05) is 45.4 Å². The number of carbonyl (C=O) groups excluding carboxylic acids is 1. The van der Waals surface area contributed by atoms with Gasteiger partial charge < -0.3 is 14.5 Å². The first-order chi connectivity index (χ1) is 15.8. The molecule has 3 aliphatic rings. The molecule has 4 rings (SSSR count). The summed E-state index contributed by atoms with van der Waals surface area (Å²) in [6.45, 7) is 9.42. The third-order valence-electron chi connectivity index (χ3n) is 6.65. The molecule has 3 saturated heterocycles. The van der Waals surface area contributed by atoms with Crippen LogP contribution in [0.5, 0.6) is 0 Å². The Morgan fingerprint density at radius 3 is 2.61 bits per heavy atom. The summed E-state index contributed by atoms with van der Waals surface area (Å²) in [5.41, 5.74) is 1.12. The molecule has 3 fully saturated rings. The second kappa shape index (κ2) is 9.97. The highest BCUT2D eigenvalue weighted by atomic mass is 32.2. The SMILES string of the molecule is CCN1CCN(c2c(/C=C3\SC(=S)N(C[C@H]4CCCO4)C3=O)c(C)c(C#N)c(=O)n2C)CC1. The predicted molar refractivity (Wildman–Crippen MR) is 134 cm³/mol. The van der Waals surface area contributed by atoms with Crippen molar-refractivity contribution in [3.05, 3.63) is 31.9 Å². The second-order valence-corrected chi connectivity index (χ2v) is 10.2. The van der Waals surface area contributed by atoms with Crippen molar-refractivity contribution in [2.24, 2.45) is 7.05 Å². The Labute approximate surface area is 203 Å². The molecule has 0 aliphatic carbocycles. The fourth-order valence-electron chi connectivity index (χ4n) is 4.65. The Morgan fingerprint density at radius 2 is 2.00 bits per heavy atom. The lowest BCUT2D eigenvalue weighted by molar-refractivity contribution is -0.123. The van der Waals surface area contributed by atoms with Gasteiger partial charge in [0.05, 0.1) is 17.6 Å². The minimum absolute atomic E-state index is 0.0155. The zero-order valence-corrected chi connectivity index (χ0v) is 20.9. The fourth-order valence-corrected chi connectivity index (χ4v) is 5.91. The Hall–Kier alpha value is -2.19. The van der Waals surface area contributed by atoms with Crippen LogP contribution in [0.15, 0.2) is 9.70 Å². The van der Waals surface area contributed by atoms with Crippen molar-refractivity contribution in [3.63, 3.8) is 0 Å². The van der Waals surface area contributed by atoms with E-state index < -0.39 is 0 Å². The standard InChI is InChI=1S/C23H29N5O3S2/c1-4-26-7-9-27(10-8-26)20-17(15(2)18(13-24)21(29)25(20)3)12-19-22(30)28(23(32)33-19)14-16-6-5-11-31-16/h12,16H,4-11,14H2,1-3H3/b19-12-/t16-/m1/s1. The van der Waals surface area contributed by atoms with Crippen LogP contribution in [0.1, 0.15) is 36.5 Å². The highest BCUT2D eigenvalue weighted by Crippen LogP contribution is 2.36. The number of piperazine rings is 1. The van der Waals surface area contributed by atoms with Gasteiger partial charge in [-0.05, 0) is 37.9 Å². The lowest BCUT2D eigenvalue weighted by Gasteiger charge is -2.37. The van der Waals surface area contributed by atoms with Crippen LogP contribution in [0.4, 0.5) is 5.82 Å². The first kappa shape index (κ1) is 24.0. The number of carbonyl (C=O) groups is 1. The first-order valence-corrected chi connectivity index (χ1v) is 12.6. The van der Waals surface area contributed by atoms with Crippen LogP contribution in [0.3, 0.4) is 0 Å². The molecule has 10 heteroatoms. The highest BCUT2D eigenvalue weighted by molar-refractivity contribution is 8.26. The van der Waals surface area contributed by atoms with Gasteiger partial charge in [-0.25, -0.2) is 0 Å². The summed E-state index contributed by atoms with van der Waals surface area (Å²) >= 11 is 6.77. The lowest BCUT2D eigenvalue weighted by atomic mass is 10.0. The third kappa shape index (κ3) is 4.60. The van der Waals surface area contributed by atoms with Gasteiger partial charge in [-0.15, -0.1) is 0 Å². The minimum atomic E-state index is -0.314. The summed E-state index contributed by atoms with van der Waals surface area (Å²) < 4.78 is 7.76. The fraction of sp³-hybridized carbons (Fsp3) is 0.565. The quantitative estimate of drug-likeness (QED) is 0.461. The molecule has 0 spiro atoms. The monoisotopic (exact) mass is 487 g/mol. The van der Waals surface area contributed by atoms with Gasteiger partial charge in [-0.1, -0.05) is 30.9 Å². The molecular weight excluding hydrogens is 458 g/mol. The zero-order valence-electron chi connectivity index (χ0n) is 19.3. The average molecular weight is 488 g/mol. The van der Waals surface area contributed by atoms with Crippen LogP contribution in [0.2, 0.25) is 0 Å². The number of hydrogen-bond donors (Lipinski definition) is 0. The molecule has 0 radical (unpaired) electrons. The number of amides is 1. The molecule has 0 saturated carbocycles. The van der Waals surface area contributed by atoms with E-state index in [1.54, 1.807) is 23.4 Å². The van der Waals surface area contributed by atoms with Crippen molar-refractivity contribution in [1.82, 2.24) is 14.4 Å². The molecule has 0 aromatic carbocycles. The van der Waals surface area contributed by atoms with Crippen LogP contribution in [0, 0.1) is 18.3 Å². The number of rotatable bonds is 5. The molecule has 3 aliphatic heterocycles. The molecule has 4 heterocycles. The van der Waals surface area contributed by atoms with Gasteiger partial charge in [0.15, 0.2) is 0 Å². The van der Waals surface area contributed by atoms with Crippen molar-refractivity contribution >= 4 is 46.1 Å². The van der Waals surface area contributed by atoms with Crippen molar-refractivity contribution in [3.8, 4) is 6.07 Å². The topological polar surface area (TPSA) is 81.8 Å². The van der Waals surface area contributed by atoms with Crippen LogP contribution in [0.25, 0.3) is 6.08 Å². The molecule has 0 unspecified atom stereocenters. The van der Waals surface area contributed by atoms with Gasteiger partial charge in [0.2, 0.25) is 0 Å². The van der Waals surface area contributed by atoms with Crippen molar-refractivity contribution in [2.45, 2.75) is 32.8 Å². The number of pyridine rings is 1. The summed E-state index contributed by atoms with van der Waals surface area (Å²) in [5, 5.41) is 9.65. The molecule has 1 atom stereocenters. The largest absolute Gasteiger partial charge is 0.376 e.